The summed E-state index contributed by atoms with van der Waals surface area (Å²) in [6.45, 7) is 1.14. The number of hydrogen-bond donors (Lipinski definition) is 0. The summed E-state index contributed by atoms with van der Waals surface area (Å²) in [7, 11) is 6.73. The molecule has 0 fully saturated rings. The summed E-state index contributed by atoms with van der Waals surface area (Å²) in [5.41, 5.74) is 3.13. The van der Waals surface area contributed by atoms with Crippen LogP contribution < -0.4 is 0 Å². The van der Waals surface area contributed by atoms with Gasteiger partial charge in [-0.25, -0.2) is 0 Å². The van der Waals surface area contributed by atoms with E-state index < -0.39 is 20.4 Å². The molecule has 0 saturated carbocycles. The van der Waals surface area contributed by atoms with Gasteiger partial charge in [0.1, 0.15) is 0 Å². The van der Waals surface area contributed by atoms with Crippen LogP contribution in [0, 0.1) is 0 Å². The molecule has 0 amide bonds. The zero-order chi connectivity index (χ0) is 18.1. The van der Waals surface area contributed by atoms with Gasteiger partial charge in [-0.3, -0.25) is 0 Å². The molecule has 0 bridgehead atoms. The first kappa shape index (κ1) is 19.5. The Bertz CT molecular complexity index is 663. The number of halogens is 1. The van der Waals surface area contributed by atoms with E-state index in [2.05, 4.69) is 0 Å². The van der Waals surface area contributed by atoms with Crippen molar-refractivity contribution in [2.24, 2.45) is 0 Å². The Morgan fingerprint density at radius 1 is 0.500 bits per heavy atom. The van der Waals surface area contributed by atoms with Gasteiger partial charge in [0.15, 0.2) is 0 Å². The van der Waals surface area contributed by atoms with Gasteiger partial charge in [0.2, 0.25) is 0 Å². The number of benzene rings is 3. The van der Waals surface area contributed by atoms with E-state index in [1.54, 1.807) is 0 Å². The van der Waals surface area contributed by atoms with Crippen molar-refractivity contribution < 1.29 is 28.8 Å². The van der Waals surface area contributed by atoms with Crippen LogP contribution in [0.4, 0.5) is 0 Å². The Kier molecular flexibility index (Phi) is 7.60. The monoisotopic (exact) mass is 446 g/mol. The van der Waals surface area contributed by atoms with Gasteiger partial charge in [-0.05, 0) is 0 Å². The molecule has 0 atom stereocenters. The zero-order valence-electron chi connectivity index (χ0n) is 14.4. The maximum atomic E-state index is 6.73. The van der Waals surface area contributed by atoms with Crippen LogP contribution >= 0.6 is 8.51 Å². The average Bonchev–Trinajstić information content (AvgIpc) is 2.72. The molecule has 0 aliphatic carbocycles. The van der Waals surface area contributed by atoms with E-state index in [1.165, 1.54) is 0 Å². The molecule has 0 spiro atoms. The summed E-state index contributed by atoms with van der Waals surface area (Å²) >= 11 is -4.18. The van der Waals surface area contributed by atoms with Crippen molar-refractivity contribution in [3.05, 3.63) is 108 Å². The van der Waals surface area contributed by atoms with E-state index >= 15 is 0 Å². The molecule has 3 aromatic carbocycles. The Morgan fingerprint density at radius 2 is 0.769 bits per heavy atom. The van der Waals surface area contributed by atoms with E-state index in [-0.39, 0.29) is 0 Å². The first-order valence-corrected chi connectivity index (χ1v) is 14.6. The predicted molar refractivity (Wildman–Crippen MR) is 99.5 cm³/mol. The van der Waals surface area contributed by atoms with Crippen molar-refractivity contribution in [3.8, 4) is 0 Å². The molecule has 0 N–H and O–H groups in total. The van der Waals surface area contributed by atoms with Crippen molar-refractivity contribution in [2.45, 2.75) is 19.8 Å². The van der Waals surface area contributed by atoms with Crippen LogP contribution in [0.3, 0.4) is 0 Å². The van der Waals surface area contributed by atoms with Crippen molar-refractivity contribution in [1.29, 1.82) is 0 Å². The van der Waals surface area contributed by atoms with Gasteiger partial charge in [0.05, 0.1) is 0 Å². The van der Waals surface area contributed by atoms with Crippen molar-refractivity contribution >= 4 is 8.51 Å². The van der Waals surface area contributed by atoms with Gasteiger partial charge in [-0.15, -0.1) is 0 Å². The molecule has 26 heavy (non-hydrogen) atoms. The summed E-state index contributed by atoms with van der Waals surface area (Å²) in [5.74, 6) is 0. The van der Waals surface area contributed by atoms with Gasteiger partial charge < -0.3 is 0 Å². The minimum atomic E-state index is -4.18. The molecule has 5 heteroatoms. The van der Waals surface area contributed by atoms with Gasteiger partial charge in [0.25, 0.3) is 0 Å². The number of rotatable bonds is 9. The van der Waals surface area contributed by atoms with Crippen LogP contribution in [0.5, 0.6) is 0 Å². The first-order valence-electron chi connectivity index (χ1n) is 8.46. The van der Waals surface area contributed by atoms with Crippen LogP contribution in [0.25, 0.3) is 0 Å². The summed E-state index contributed by atoms with van der Waals surface area (Å²) in [6, 6.07) is 29.7. The molecular formula is C21H21ClO3Zr. The third kappa shape index (κ3) is 6.46. The van der Waals surface area contributed by atoms with Crippen LogP contribution in [-0.2, 0) is 48.7 Å². The molecule has 0 unspecified atom stereocenters. The van der Waals surface area contributed by atoms with E-state index in [0.717, 1.165) is 16.7 Å². The standard InChI is InChI=1S/3C7H7O.ClH.Zr/c3*8-6-7-4-2-1-3-5-7;;/h3*1-5H,6H2;1H;/q3*-1;;+4/p-1. The molecule has 0 saturated heterocycles. The molecule has 0 heterocycles. The third-order valence-electron chi connectivity index (χ3n) is 3.76. The molecule has 0 aliphatic rings. The van der Waals surface area contributed by atoms with Gasteiger partial charge in [-0.1, -0.05) is 0 Å². The van der Waals surface area contributed by atoms with Crippen molar-refractivity contribution in [3.63, 3.8) is 0 Å². The third-order valence-corrected chi connectivity index (χ3v) is 9.31. The predicted octanol–water partition coefficient (Wildman–Crippen LogP) is 5.69. The quantitative estimate of drug-likeness (QED) is 0.421. The molecule has 0 radical (unpaired) electrons. The summed E-state index contributed by atoms with van der Waals surface area (Å²) in [6.07, 6.45) is 0. The zero-order valence-corrected chi connectivity index (χ0v) is 17.6. The molecule has 0 aromatic heterocycles. The van der Waals surface area contributed by atoms with Gasteiger partial charge in [0, 0.05) is 0 Å². The van der Waals surface area contributed by atoms with Crippen LogP contribution in [0.1, 0.15) is 16.7 Å². The second-order valence-electron chi connectivity index (χ2n) is 5.80. The van der Waals surface area contributed by atoms with E-state index in [0.29, 0.717) is 19.8 Å². The minimum absolute atomic E-state index is 0.379. The van der Waals surface area contributed by atoms with Crippen LogP contribution in [0.2, 0.25) is 0 Å². The summed E-state index contributed by atoms with van der Waals surface area (Å²) in [5, 5.41) is 0. The Balaban J connectivity index is 1.64. The van der Waals surface area contributed by atoms with Gasteiger partial charge in [-0.2, -0.15) is 0 Å². The van der Waals surface area contributed by atoms with E-state index in [1.807, 2.05) is 91.0 Å². The Morgan fingerprint density at radius 3 is 1.04 bits per heavy atom. The Hall–Kier alpha value is -1.29. The summed E-state index contributed by atoms with van der Waals surface area (Å²) in [4.78, 5) is 0. The molecule has 134 valence electrons. The van der Waals surface area contributed by atoms with Crippen LogP contribution in [0.15, 0.2) is 91.0 Å². The fourth-order valence-corrected chi connectivity index (χ4v) is 6.44. The fourth-order valence-electron chi connectivity index (χ4n) is 2.36. The Labute approximate surface area is 164 Å². The number of hydrogen-bond acceptors (Lipinski definition) is 3. The molecule has 0 aliphatic heterocycles. The van der Waals surface area contributed by atoms with Gasteiger partial charge >= 0.3 is 165 Å². The fraction of sp³-hybridized carbons (Fsp3) is 0.143. The molecule has 3 rings (SSSR count). The second kappa shape index (κ2) is 10.2. The van der Waals surface area contributed by atoms with Crippen LogP contribution in [-0.4, -0.2) is 0 Å². The topological polar surface area (TPSA) is 27.7 Å². The van der Waals surface area contributed by atoms with E-state index in [9.17, 15) is 0 Å². The normalized spacial score (nSPS) is 11.4. The maximum absolute atomic E-state index is 6.73. The summed E-state index contributed by atoms with van der Waals surface area (Å²) < 4.78 is 18.0. The van der Waals surface area contributed by atoms with Crippen molar-refractivity contribution in [1.82, 2.24) is 0 Å². The average molecular weight is 448 g/mol. The van der Waals surface area contributed by atoms with Crippen molar-refractivity contribution in [2.75, 3.05) is 0 Å². The second-order valence-corrected chi connectivity index (χ2v) is 13.0. The molecule has 3 nitrogen and oxygen atoms in total. The molecule has 3 aromatic rings. The molecular weight excluding hydrogens is 427 g/mol. The first-order chi connectivity index (χ1) is 12.7. The SMILES string of the molecule is [Cl][Zr]([O]Cc1ccccc1)([O]Cc1ccccc1)[O]Cc1ccccc1. The van der Waals surface area contributed by atoms with E-state index in [4.69, 9.17) is 17.0 Å².